The van der Waals surface area contributed by atoms with Crippen molar-refractivity contribution in [2.75, 3.05) is 13.2 Å². The normalized spacial score (nSPS) is 12.1. The number of hydrogen-bond acceptors (Lipinski definition) is 6. The Bertz CT molecular complexity index is 1160. The molecule has 0 aliphatic rings. The first-order valence-corrected chi connectivity index (χ1v) is 32.3. The topological polar surface area (TPSA) is 78.9 Å². The van der Waals surface area contributed by atoms with Crippen molar-refractivity contribution in [1.29, 1.82) is 0 Å². The van der Waals surface area contributed by atoms with Crippen LogP contribution in [-0.4, -0.2) is 37.2 Å². The zero-order valence-corrected chi connectivity index (χ0v) is 48.7. The summed E-state index contributed by atoms with van der Waals surface area (Å²) >= 11 is 0. The van der Waals surface area contributed by atoms with Gasteiger partial charge < -0.3 is 14.2 Å². The summed E-state index contributed by atoms with van der Waals surface area (Å²) < 4.78 is 16.8. The van der Waals surface area contributed by atoms with Crippen LogP contribution in [0.5, 0.6) is 0 Å². The van der Waals surface area contributed by atoms with Crippen molar-refractivity contribution in [2.45, 2.75) is 367 Å². The number of hydrogen-bond donors (Lipinski definition) is 0. The molecule has 6 heteroatoms. The molecule has 0 fully saturated rings. The van der Waals surface area contributed by atoms with E-state index in [1.807, 2.05) is 0 Å². The molecule has 0 saturated carbocycles. The van der Waals surface area contributed by atoms with Gasteiger partial charge in [-0.25, -0.2) is 0 Å². The van der Waals surface area contributed by atoms with Gasteiger partial charge in [0.1, 0.15) is 13.2 Å². The molecule has 0 bridgehead atoms. The van der Waals surface area contributed by atoms with Crippen molar-refractivity contribution < 1.29 is 28.6 Å². The third-order valence-corrected chi connectivity index (χ3v) is 14.7. The second kappa shape index (κ2) is 61.4. The van der Waals surface area contributed by atoms with E-state index in [2.05, 4.69) is 45.1 Å². The number of carbonyl (C=O) groups is 3. The number of carbonyl (C=O) groups excluding carboxylic acids is 3. The fourth-order valence-electron chi connectivity index (χ4n) is 9.83. The van der Waals surface area contributed by atoms with Gasteiger partial charge in [0.25, 0.3) is 0 Å². The van der Waals surface area contributed by atoms with Crippen LogP contribution in [0.15, 0.2) is 24.3 Å². The lowest BCUT2D eigenvalue weighted by molar-refractivity contribution is -0.167. The minimum atomic E-state index is -0.762. The minimum Gasteiger partial charge on any atom is -0.462 e. The van der Waals surface area contributed by atoms with Gasteiger partial charge >= 0.3 is 17.9 Å². The third-order valence-electron chi connectivity index (χ3n) is 14.7. The summed E-state index contributed by atoms with van der Waals surface area (Å²) in [5.74, 6) is -0.855. The predicted octanol–water partition coefficient (Wildman–Crippen LogP) is 21.8. The lowest BCUT2D eigenvalue weighted by Gasteiger charge is -2.18. The van der Waals surface area contributed by atoms with Gasteiger partial charge in [0.2, 0.25) is 0 Å². The second-order valence-electron chi connectivity index (χ2n) is 22.0. The first-order chi connectivity index (χ1) is 35.5. The third kappa shape index (κ3) is 58.8. The molecular weight excluding hydrogens is 889 g/mol. The molecular formula is C66H124O6. The minimum absolute atomic E-state index is 0.0652. The summed E-state index contributed by atoms with van der Waals surface area (Å²) in [5.41, 5.74) is 0. The average Bonchev–Trinajstić information content (AvgIpc) is 3.38. The average molecular weight is 1010 g/mol. The Morgan fingerprint density at radius 2 is 0.500 bits per heavy atom. The zero-order valence-electron chi connectivity index (χ0n) is 48.7. The van der Waals surface area contributed by atoms with Crippen LogP contribution < -0.4 is 0 Å². The monoisotopic (exact) mass is 1010 g/mol. The molecule has 0 aromatic heterocycles. The quantitative estimate of drug-likeness (QED) is 0.0261. The summed E-state index contributed by atoms with van der Waals surface area (Å²) in [6.45, 7) is 6.61. The summed E-state index contributed by atoms with van der Waals surface area (Å²) in [5, 5.41) is 0. The van der Waals surface area contributed by atoms with Crippen LogP contribution in [0, 0.1) is 0 Å². The molecule has 0 aliphatic heterocycles. The highest BCUT2D eigenvalue weighted by atomic mass is 16.6. The van der Waals surface area contributed by atoms with Gasteiger partial charge in [0, 0.05) is 19.3 Å². The first-order valence-electron chi connectivity index (χ1n) is 32.3. The maximum atomic E-state index is 12.8. The van der Waals surface area contributed by atoms with Crippen molar-refractivity contribution >= 4 is 17.9 Å². The molecule has 0 aromatic carbocycles. The van der Waals surface area contributed by atoms with E-state index in [-0.39, 0.29) is 31.1 Å². The standard InChI is InChI=1S/C66H124O6/c1-4-7-10-13-15-17-19-21-23-25-27-28-29-30-31-32-33-34-35-36-37-38-39-41-42-44-46-48-50-53-56-59-65(68)71-62-63(61-70-64(67)58-55-52-12-9-6-3)72-66(69)60-57-54-51-49-47-45-43-40-26-24-22-20-18-16-14-11-8-5-2/h19,21,25,27,63H,4-18,20,22-24,26,28-62H2,1-3H3/b21-19-,27-25-. The van der Waals surface area contributed by atoms with Crippen LogP contribution in [-0.2, 0) is 28.6 Å². The van der Waals surface area contributed by atoms with E-state index in [0.29, 0.717) is 19.3 Å². The van der Waals surface area contributed by atoms with Crippen molar-refractivity contribution in [2.24, 2.45) is 0 Å². The highest BCUT2D eigenvalue weighted by molar-refractivity contribution is 5.71. The van der Waals surface area contributed by atoms with Gasteiger partial charge in [-0.3, -0.25) is 14.4 Å². The number of ether oxygens (including phenoxy) is 3. The van der Waals surface area contributed by atoms with Gasteiger partial charge in [0.15, 0.2) is 6.10 Å². The van der Waals surface area contributed by atoms with Gasteiger partial charge in [-0.1, -0.05) is 315 Å². The second-order valence-corrected chi connectivity index (χ2v) is 22.0. The molecule has 6 nitrogen and oxygen atoms in total. The SMILES string of the molecule is CCCCCCC/C=C\C/C=C\CCCCCCCCCCCCCCCCCCCCCC(=O)OCC(COC(=O)CCCCCCC)OC(=O)CCCCCCCCCCCCCCCCCCCC. The van der Waals surface area contributed by atoms with Crippen molar-refractivity contribution in [1.82, 2.24) is 0 Å². The van der Waals surface area contributed by atoms with Crippen molar-refractivity contribution in [3.63, 3.8) is 0 Å². The van der Waals surface area contributed by atoms with Crippen LogP contribution in [0.1, 0.15) is 361 Å². The van der Waals surface area contributed by atoms with Crippen LogP contribution in [0.2, 0.25) is 0 Å². The van der Waals surface area contributed by atoms with Gasteiger partial charge in [-0.05, 0) is 51.4 Å². The molecule has 0 aromatic rings. The number of esters is 3. The van der Waals surface area contributed by atoms with E-state index in [1.165, 1.54) is 250 Å². The highest BCUT2D eigenvalue weighted by Gasteiger charge is 2.19. The maximum absolute atomic E-state index is 12.8. The van der Waals surface area contributed by atoms with E-state index in [1.54, 1.807) is 0 Å². The Labute approximate surface area is 449 Å². The smallest absolute Gasteiger partial charge is 0.306 e. The van der Waals surface area contributed by atoms with Crippen LogP contribution in [0.25, 0.3) is 0 Å². The molecule has 0 heterocycles. The Hall–Kier alpha value is -2.11. The maximum Gasteiger partial charge on any atom is 0.306 e. The Morgan fingerprint density at radius 3 is 0.764 bits per heavy atom. The van der Waals surface area contributed by atoms with Gasteiger partial charge in [-0.2, -0.15) is 0 Å². The molecule has 0 radical (unpaired) electrons. The van der Waals surface area contributed by atoms with E-state index in [0.717, 1.165) is 70.6 Å². The first kappa shape index (κ1) is 69.9. The summed E-state index contributed by atoms with van der Waals surface area (Å²) in [7, 11) is 0. The number of unbranched alkanes of at least 4 members (excludes halogenated alkanes) is 45. The van der Waals surface area contributed by atoms with E-state index < -0.39 is 6.10 Å². The molecule has 0 saturated heterocycles. The van der Waals surface area contributed by atoms with Crippen LogP contribution in [0.3, 0.4) is 0 Å². The van der Waals surface area contributed by atoms with Gasteiger partial charge in [-0.15, -0.1) is 0 Å². The fourth-order valence-corrected chi connectivity index (χ4v) is 9.83. The largest absolute Gasteiger partial charge is 0.462 e. The van der Waals surface area contributed by atoms with Crippen molar-refractivity contribution in [3.8, 4) is 0 Å². The van der Waals surface area contributed by atoms with E-state index in [4.69, 9.17) is 14.2 Å². The summed E-state index contributed by atoms with van der Waals surface area (Å²) in [6, 6.07) is 0. The summed E-state index contributed by atoms with van der Waals surface area (Å²) in [4.78, 5) is 37.9. The molecule has 0 spiro atoms. The van der Waals surface area contributed by atoms with Crippen molar-refractivity contribution in [3.05, 3.63) is 24.3 Å². The molecule has 72 heavy (non-hydrogen) atoms. The Morgan fingerprint density at radius 1 is 0.278 bits per heavy atom. The lowest BCUT2D eigenvalue weighted by Crippen LogP contribution is -2.30. The lowest BCUT2D eigenvalue weighted by atomic mass is 10.0. The van der Waals surface area contributed by atoms with Crippen LogP contribution >= 0.6 is 0 Å². The molecule has 0 rings (SSSR count). The highest BCUT2D eigenvalue weighted by Crippen LogP contribution is 2.18. The zero-order chi connectivity index (χ0) is 52.2. The molecule has 0 N–H and O–H groups in total. The Kier molecular flexibility index (Phi) is 59.6. The molecule has 0 amide bonds. The molecule has 1 atom stereocenters. The fraction of sp³-hybridized carbons (Fsp3) is 0.894. The molecule has 0 aliphatic carbocycles. The number of allylic oxidation sites excluding steroid dienone is 4. The van der Waals surface area contributed by atoms with Crippen LogP contribution in [0.4, 0.5) is 0 Å². The summed E-state index contributed by atoms with van der Waals surface area (Å²) in [6.07, 6.45) is 73.9. The predicted molar refractivity (Wildman–Crippen MR) is 312 cm³/mol. The van der Waals surface area contributed by atoms with E-state index >= 15 is 0 Å². The Balaban J connectivity index is 3.91. The van der Waals surface area contributed by atoms with E-state index in [9.17, 15) is 14.4 Å². The van der Waals surface area contributed by atoms with Gasteiger partial charge in [0.05, 0.1) is 0 Å². The number of rotatable bonds is 60. The molecule has 1 unspecified atom stereocenters. The molecule has 424 valence electrons.